The fourth-order valence-electron chi connectivity index (χ4n) is 3.73. The zero-order chi connectivity index (χ0) is 20.5. The number of rotatable bonds is 3. The first kappa shape index (κ1) is 20.7. The Bertz CT molecular complexity index is 849. The lowest BCUT2D eigenvalue weighted by molar-refractivity contribution is -0.141. The Morgan fingerprint density at radius 1 is 1.00 bits per heavy atom. The summed E-state index contributed by atoms with van der Waals surface area (Å²) in [5, 5.41) is 0. The molecule has 2 amide bonds. The van der Waals surface area contributed by atoms with Gasteiger partial charge in [0, 0.05) is 46.2 Å². The SMILES string of the molecule is CC(=O)N1CCC[C@@H](C(=O)N2CCN(S(=O)(=O)c3c(F)cccc3F)CC2)C1. The fraction of sp³-hybridized carbons (Fsp3) is 0.556. The predicted molar refractivity (Wildman–Crippen MR) is 96.7 cm³/mol. The molecule has 2 aliphatic rings. The molecule has 1 aromatic rings. The lowest BCUT2D eigenvalue weighted by Gasteiger charge is -2.38. The predicted octanol–water partition coefficient (Wildman–Crippen LogP) is 1.06. The van der Waals surface area contributed by atoms with Crippen LogP contribution in [0.4, 0.5) is 8.78 Å². The third-order valence-corrected chi connectivity index (χ3v) is 7.23. The summed E-state index contributed by atoms with van der Waals surface area (Å²) in [5.74, 6) is -2.75. The molecule has 0 N–H and O–H groups in total. The molecule has 2 aliphatic heterocycles. The number of piperidine rings is 1. The maximum absolute atomic E-state index is 13.9. The highest BCUT2D eigenvalue weighted by Crippen LogP contribution is 2.25. The number of benzene rings is 1. The van der Waals surface area contributed by atoms with E-state index in [0.29, 0.717) is 19.5 Å². The van der Waals surface area contributed by atoms with E-state index in [1.54, 1.807) is 9.80 Å². The molecule has 2 heterocycles. The highest BCUT2D eigenvalue weighted by Gasteiger charge is 2.36. The number of amides is 2. The van der Waals surface area contributed by atoms with E-state index in [1.807, 2.05) is 0 Å². The van der Waals surface area contributed by atoms with E-state index in [-0.39, 0.29) is 43.9 Å². The minimum Gasteiger partial charge on any atom is -0.342 e. The number of piperazine rings is 1. The summed E-state index contributed by atoms with van der Waals surface area (Å²) in [7, 11) is -4.32. The van der Waals surface area contributed by atoms with Crippen molar-refractivity contribution >= 4 is 21.8 Å². The van der Waals surface area contributed by atoms with E-state index < -0.39 is 26.6 Å². The molecule has 10 heteroatoms. The summed E-state index contributed by atoms with van der Waals surface area (Å²) in [4.78, 5) is 26.6. The van der Waals surface area contributed by atoms with Crippen LogP contribution >= 0.6 is 0 Å². The van der Waals surface area contributed by atoms with Gasteiger partial charge in [-0.15, -0.1) is 0 Å². The average molecular weight is 415 g/mol. The van der Waals surface area contributed by atoms with Crippen LogP contribution in [0.2, 0.25) is 0 Å². The Hall–Kier alpha value is -2.07. The molecule has 2 fully saturated rings. The van der Waals surface area contributed by atoms with E-state index in [4.69, 9.17) is 0 Å². The zero-order valence-corrected chi connectivity index (χ0v) is 16.4. The molecule has 1 atom stereocenters. The Morgan fingerprint density at radius 3 is 2.18 bits per heavy atom. The molecule has 0 spiro atoms. The Kier molecular flexibility index (Phi) is 5.99. The molecular formula is C18H23F2N3O4S. The minimum atomic E-state index is -4.32. The zero-order valence-electron chi connectivity index (χ0n) is 15.6. The first-order valence-corrected chi connectivity index (χ1v) is 10.6. The average Bonchev–Trinajstić information content (AvgIpc) is 2.67. The topological polar surface area (TPSA) is 78.0 Å². The van der Waals surface area contributed by atoms with Crippen molar-refractivity contribution in [1.82, 2.24) is 14.1 Å². The minimum absolute atomic E-state index is 0.0367. The second kappa shape index (κ2) is 8.12. The second-order valence-corrected chi connectivity index (χ2v) is 8.96. The van der Waals surface area contributed by atoms with Crippen molar-refractivity contribution in [2.45, 2.75) is 24.7 Å². The van der Waals surface area contributed by atoms with Crippen LogP contribution in [0, 0.1) is 17.6 Å². The number of hydrogen-bond donors (Lipinski definition) is 0. The van der Waals surface area contributed by atoms with Gasteiger partial charge >= 0.3 is 0 Å². The third-order valence-electron chi connectivity index (χ3n) is 5.28. The number of hydrogen-bond acceptors (Lipinski definition) is 4. The molecule has 0 aliphatic carbocycles. The standard InChI is InChI=1S/C18H23F2N3O4S/c1-13(24)22-7-3-4-14(12-22)18(25)21-8-10-23(11-9-21)28(26,27)17-15(19)5-2-6-16(17)20/h2,5-6,14H,3-4,7-12H2,1H3/t14-/m1/s1. The molecule has 7 nitrogen and oxygen atoms in total. The van der Waals surface area contributed by atoms with Crippen molar-refractivity contribution in [3.63, 3.8) is 0 Å². The van der Waals surface area contributed by atoms with Crippen LogP contribution in [0.15, 0.2) is 23.1 Å². The number of nitrogens with zero attached hydrogens (tertiary/aromatic N) is 3. The first-order chi connectivity index (χ1) is 13.2. The van der Waals surface area contributed by atoms with Gasteiger partial charge in [0.05, 0.1) is 5.92 Å². The van der Waals surface area contributed by atoms with Gasteiger partial charge < -0.3 is 9.80 Å². The molecule has 28 heavy (non-hydrogen) atoms. The van der Waals surface area contributed by atoms with Gasteiger partial charge in [0.15, 0.2) is 4.90 Å². The first-order valence-electron chi connectivity index (χ1n) is 9.20. The van der Waals surface area contributed by atoms with E-state index in [2.05, 4.69) is 0 Å². The molecule has 0 bridgehead atoms. The summed E-state index contributed by atoms with van der Waals surface area (Å²) < 4.78 is 54.1. The van der Waals surface area contributed by atoms with Crippen molar-refractivity contribution in [3.05, 3.63) is 29.8 Å². The van der Waals surface area contributed by atoms with Crippen molar-refractivity contribution in [2.24, 2.45) is 5.92 Å². The van der Waals surface area contributed by atoms with E-state index in [0.717, 1.165) is 28.9 Å². The van der Waals surface area contributed by atoms with Crippen molar-refractivity contribution < 1.29 is 26.8 Å². The largest absolute Gasteiger partial charge is 0.342 e. The molecule has 1 aromatic carbocycles. The quantitative estimate of drug-likeness (QED) is 0.740. The molecule has 0 saturated carbocycles. The van der Waals surface area contributed by atoms with Crippen LogP contribution in [0.25, 0.3) is 0 Å². The highest BCUT2D eigenvalue weighted by atomic mass is 32.2. The lowest BCUT2D eigenvalue weighted by Crippen LogP contribution is -2.54. The monoisotopic (exact) mass is 415 g/mol. The van der Waals surface area contributed by atoms with Crippen molar-refractivity contribution in [2.75, 3.05) is 39.3 Å². The highest BCUT2D eigenvalue weighted by molar-refractivity contribution is 7.89. The smallest absolute Gasteiger partial charge is 0.249 e. The number of sulfonamides is 1. The molecule has 2 saturated heterocycles. The van der Waals surface area contributed by atoms with Gasteiger partial charge in [0.2, 0.25) is 21.8 Å². The summed E-state index contributed by atoms with van der Waals surface area (Å²) in [6, 6.07) is 2.91. The van der Waals surface area contributed by atoms with Crippen LogP contribution in [0.1, 0.15) is 19.8 Å². The van der Waals surface area contributed by atoms with E-state index in [9.17, 15) is 26.8 Å². The van der Waals surface area contributed by atoms with Gasteiger partial charge in [-0.05, 0) is 25.0 Å². The molecule has 0 aromatic heterocycles. The molecule has 3 rings (SSSR count). The van der Waals surface area contributed by atoms with Gasteiger partial charge in [-0.1, -0.05) is 6.07 Å². The van der Waals surface area contributed by atoms with Crippen LogP contribution in [-0.2, 0) is 19.6 Å². The van der Waals surface area contributed by atoms with Gasteiger partial charge in [-0.3, -0.25) is 9.59 Å². The molecule has 154 valence electrons. The number of carbonyl (C=O) groups excluding carboxylic acids is 2. The van der Waals surface area contributed by atoms with Gasteiger partial charge in [0.25, 0.3) is 0 Å². The maximum atomic E-state index is 13.9. The normalized spacial score (nSPS) is 21.6. The van der Waals surface area contributed by atoms with Gasteiger partial charge in [-0.2, -0.15) is 4.31 Å². The summed E-state index contributed by atoms with van der Waals surface area (Å²) >= 11 is 0. The van der Waals surface area contributed by atoms with Crippen LogP contribution in [-0.4, -0.2) is 73.6 Å². The molecular weight excluding hydrogens is 392 g/mol. The van der Waals surface area contributed by atoms with E-state index in [1.165, 1.54) is 6.92 Å². The lowest BCUT2D eigenvalue weighted by atomic mass is 9.96. The van der Waals surface area contributed by atoms with Gasteiger partial charge in [0.1, 0.15) is 11.6 Å². The van der Waals surface area contributed by atoms with Crippen LogP contribution in [0.5, 0.6) is 0 Å². The maximum Gasteiger partial charge on any atom is 0.249 e. The number of carbonyl (C=O) groups is 2. The van der Waals surface area contributed by atoms with Crippen LogP contribution in [0.3, 0.4) is 0 Å². The van der Waals surface area contributed by atoms with Gasteiger partial charge in [-0.25, -0.2) is 17.2 Å². The number of halogens is 2. The summed E-state index contributed by atoms with van der Waals surface area (Å²) in [6.07, 6.45) is 1.43. The van der Waals surface area contributed by atoms with Crippen molar-refractivity contribution in [1.29, 1.82) is 0 Å². The number of likely N-dealkylation sites (tertiary alicyclic amines) is 1. The fourth-order valence-corrected chi connectivity index (χ4v) is 5.26. The summed E-state index contributed by atoms with van der Waals surface area (Å²) in [5.41, 5.74) is 0. The third kappa shape index (κ3) is 4.02. The molecule has 0 radical (unpaired) electrons. The Balaban J connectivity index is 1.66. The Labute approximate surface area is 162 Å². The Morgan fingerprint density at radius 2 is 1.61 bits per heavy atom. The molecule has 0 unspecified atom stereocenters. The summed E-state index contributed by atoms with van der Waals surface area (Å²) in [6.45, 7) is 2.69. The van der Waals surface area contributed by atoms with Crippen molar-refractivity contribution in [3.8, 4) is 0 Å². The van der Waals surface area contributed by atoms with E-state index >= 15 is 0 Å². The second-order valence-electron chi connectivity index (χ2n) is 7.08. The van der Waals surface area contributed by atoms with Crippen LogP contribution < -0.4 is 0 Å².